The predicted molar refractivity (Wildman–Crippen MR) is 112 cm³/mol. The first-order valence-corrected chi connectivity index (χ1v) is 10.1. The van der Waals surface area contributed by atoms with Gasteiger partial charge in [0.15, 0.2) is 0 Å². The number of benzene rings is 2. The fourth-order valence-corrected chi connectivity index (χ4v) is 4.36. The molecule has 154 valence electrons. The van der Waals surface area contributed by atoms with E-state index in [1.54, 1.807) is 35.2 Å². The number of carbonyl (C=O) groups excluding carboxylic acids is 1. The van der Waals surface area contributed by atoms with Crippen LogP contribution in [0.4, 0.5) is 8.78 Å². The molecule has 0 aliphatic rings. The van der Waals surface area contributed by atoms with E-state index in [0.717, 1.165) is 0 Å². The van der Waals surface area contributed by atoms with Crippen LogP contribution in [-0.2, 0) is 17.9 Å². The minimum Gasteiger partial charge on any atom is -0.380 e. The zero-order valence-electron chi connectivity index (χ0n) is 16.7. The molecule has 7 heteroatoms. The van der Waals surface area contributed by atoms with E-state index >= 15 is 0 Å². The third-order valence-corrected chi connectivity index (χ3v) is 5.85. The van der Waals surface area contributed by atoms with E-state index in [-0.39, 0.29) is 30.7 Å². The van der Waals surface area contributed by atoms with Crippen LogP contribution in [0.3, 0.4) is 0 Å². The number of carbonyl (C=O) groups is 1. The van der Waals surface area contributed by atoms with E-state index in [2.05, 4.69) is 0 Å². The first-order valence-electron chi connectivity index (χ1n) is 9.28. The van der Waals surface area contributed by atoms with Crippen LogP contribution in [-0.4, -0.2) is 50.0 Å². The topological polar surface area (TPSA) is 32.8 Å². The van der Waals surface area contributed by atoms with Crippen LogP contribution in [0, 0.1) is 11.6 Å². The molecule has 1 heterocycles. The molecule has 0 radical (unpaired) electrons. The summed E-state index contributed by atoms with van der Waals surface area (Å²) in [6.45, 7) is 1.31. The Bertz CT molecular complexity index is 1000. The van der Waals surface area contributed by atoms with Gasteiger partial charge in [0.05, 0.1) is 11.5 Å². The minimum absolute atomic E-state index is 0.128. The lowest BCUT2D eigenvalue weighted by Crippen LogP contribution is -2.36. The fraction of sp³-hybridized carbons (Fsp3) is 0.318. The van der Waals surface area contributed by atoms with Gasteiger partial charge in [0.1, 0.15) is 11.6 Å². The lowest BCUT2D eigenvalue weighted by Gasteiger charge is -2.25. The van der Waals surface area contributed by atoms with Crippen molar-refractivity contribution in [3.8, 4) is 0 Å². The van der Waals surface area contributed by atoms with E-state index in [1.165, 1.54) is 30.6 Å². The van der Waals surface area contributed by atoms with Gasteiger partial charge < -0.3 is 14.5 Å². The van der Waals surface area contributed by atoms with Crippen molar-refractivity contribution in [3.05, 3.63) is 70.1 Å². The van der Waals surface area contributed by atoms with Gasteiger partial charge in [-0.2, -0.15) is 0 Å². The molecule has 4 nitrogen and oxygen atoms in total. The number of hydrogen-bond acceptors (Lipinski definition) is 4. The second-order valence-corrected chi connectivity index (χ2v) is 8.13. The SMILES string of the molecule is COCc1c(C(=O)N(CCN(C)C)Cc2ccccc2F)sc2cccc(F)c12. The Morgan fingerprint density at radius 3 is 2.45 bits per heavy atom. The van der Waals surface area contributed by atoms with Gasteiger partial charge in [-0.25, -0.2) is 8.78 Å². The monoisotopic (exact) mass is 418 g/mol. The Labute approximate surface area is 173 Å². The third-order valence-electron chi connectivity index (χ3n) is 4.67. The van der Waals surface area contributed by atoms with Crippen molar-refractivity contribution in [1.82, 2.24) is 9.80 Å². The molecule has 0 unspecified atom stereocenters. The second kappa shape index (κ2) is 9.43. The van der Waals surface area contributed by atoms with Crippen molar-refractivity contribution >= 4 is 27.3 Å². The first-order chi connectivity index (χ1) is 13.9. The maximum atomic E-state index is 14.5. The minimum atomic E-state index is -0.376. The van der Waals surface area contributed by atoms with Crippen LogP contribution in [0.25, 0.3) is 10.1 Å². The Kier molecular flexibility index (Phi) is 6.95. The molecule has 1 amide bonds. The molecule has 0 spiro atoms. The van der Waals surface area contributed by atoms with Gasteiger partial charge in [0, 0.05) is 48.0 Å². The number of methoxy groups -OCH3 is 1. The number of amides is 1. The molecular formula is C22H24F2N2O2S. The van der Waals surface area contributed by atoms with Crippen molar-refractivity contribution < 1.29 is 18.3 Å². The molecule has 0 saturated carbocycles. The van der Waals surface area contributed by atoms with Crippen LogP contribution in [0.5, 0.6) is 0 Å². The molecule has 3 rings (SSSR count). The number of fused-ring (bicyclic) bond motifs is 1. The molecule has 0 atom stereocenters. The normalized spacial score (nSPS) is 11.4. The van der Waals surface area contributed by atoms with Gasteiger partial charge in [-0.3, -0.25) is 4.79 Å². The van der Waals surface area contributed by atoms with Crippen LogP contribution < -0.4 is 0 Å². The summed E-state index contributed by atoms with van der Waals surface area (Å²) in [5, 5.41) is 0.418. The van der Waals surface area contributed by atoms with Crippen molar-refractivity contribution in [2.75, 3.05) is 34.3 Å². The molecule has 0 bridgehead atoms. The molecule has 0 aliphatic heterocycles. The summed E-state index contributed by atoms with van der Waals surface area (Å²) in [4.78, 5) is 17.5. The smallest absolute Gasteiger partial charge is 0.264 e. The zero-order valence-corrected chi connectivity index (χ0v) is 17.6. The van der Waals surface area contributed by atoms with Crippen LogP contribution in [0.2, 0.25) is 0 Å². The number of likely N-dealkylation sites (N-methyl/N-ethyl adjacent to an activating group) is 1. The molecule has 3 aromatic rings. The highest BCUT2D eigenvalue weighted by molar-refractivity contribution is 7.21. The standard InChI is InChI=1S/C22H24F2N2O2S/c1-25(2)11-12-26(13-15-7-4-5-8-17(15)23)22(27)21-16(14-28-3)20-18(24)9-6-10-19(20)29-21/h4-10H,11-14H2,1-3H3. The lowest BCUT2D eigenvalue weighted by atomic mass is 10.1. The molecule has 0 saturated heterocycles. The molecular weight excluding hydrogens is 394 g/mol. The Hall–Kier alpha value is -2.35. The van der Waals surface area contributed by atoms with Crippen molar-refractivity contribution in [2.45, 2.75) is 13.2 Å². The quantitative estimate of drug-likeness (QED) is 0.539. The summed E-state index contributed by atoms with van der Waals surface area (Å²) >= 11 is 1.24. The summed E-state index contributed by atoms with van der Waals surface area (Å²) in [7, 11) is 5.34. The maximum absolute atomic E-state index is 14.5. The van der Waals surface area contributed by atoms with E-state index in [1.807, 2.05) is 19.0 Å². The first kappa shape index (κ1) is 21.4. The summed E-state index contributed by atoms with van der Waals surface area (Å²) < 4.78 is 34.6. The average molecular weight is 419 g/mol. The molecule has 0 N–H and O–H groups in total. The summed E-state index contributed by atoms with van der Waals surface area (Å²) in [5.74, 6) is -0.976. The highest BCUT2D eigenvalue weighted by atomic mass is 32.1. The Balaban J connectivity index is 2.01. The van der Waals surface area contributed by atoms with Gasteiger partial charge in [-0.15, -0.1) is 11.3 Å². The summed E-state index contributed by atoms with van der Waals surface area (Å²) in [6, 6.07) is 11.2. The van der Waals surface area contributed by atoms with Crippen molar-refractivity contribution in [3.63, 3.8) is 0 Å². The maximum Gasteiger partial charge on any atom is 0.264 e. The Morgan fingerprint density at radius 1 is 1.03 bits per heavy atom. The number of nitrogens with zero attached hydrogens (tertiary/aromatic N) is 2. The molecule has 29 heavy (non-hydrogen) atoms. The van der Waals surface area contributed by atoms with E-state index in [9.17, 15) is 13.6 Å². The van der Waals surface area contributed by atoms with Crippen molar-refractivity contribution in [1.29, 1.82) is 0 Å². The van der Waals surface area contributed by atoms with E-state index in [4.69, 9.17) is 4.74 Å². The highest BCUT2D eigenvalue weighted by Gasteiger charge is 2.25. The third kappa shape index (κ3) is 4.80. The van der Waals surface area contributed by atoms with Gasteiger partial charge >= 0.3 is 0 Å². The van der Waals surface area contributed by atoms with E-state index < -0.39 is 0 Å². The summed E-state index contributed by atoms with van der Waals surface area (Å²) in [6.07, 6.45) is 0. The van der Waals surface area contributed by atoms with Gasteiger partial charge in [-0.05, 0) is 32.3 Å². The second-order valence-electron chi connectivity index (χ2n) is 7.08. The predicted octanol–water partition coefficient (Wildman–Crippen LogP) is 4.53. The van der Waals surface area contributed by atoms with Gasteiger partial charge in [0.2, 0.25) is 0 Å². The van der Waals surface area contributed by atoms with Crippen LogP contribution >= 0.6 is 11.3 Å². The molecule has 0 aliphatic carbocycles. The van der Waals surface area contributed by atoms with Crippen LogP contribution in [0.15, 0.2) is 42.5 Å². The number of rotatable bonds is 8. The Morgan fingerprint density at radius 2 is 1.76 bits per heavy atom. The number of halogens is 2. The fourth-order valence-electron chi connectivity index (χ4n) is 3.17. The largest absolute Gasteiger partial charge is 0.380 e. The average Bonchev–Trinajstić information content (AvgIpc) is 3.06. The number of hydrogen-bond donors (Lipinski definition) is 0. The highest BCUT2D eigenvalue weighted by Crippen LogP contribution is 2.35. The van der Waals surface area contributed by atoms with Gasteiger partial charge in [0.25, 0.3) is 5.91 Å². The lowest BCUT2D eigenvalue weighted by molar-refractivity contribution is 0.0731. The number of thiophene rings is 1. The zero-order chi connectivity index (χ0) is 21.0. The van der Waals surface area contributed by atoms with Crippen LogP contribution in [0.1, 0.15) is 20.8 Å². The molecule has 0 fully saturated rings. The van der Waals surface area contributed by atoms with Gasteiger partial charge in [-0.1, -0.05) is 24.3 Å². The number of ether oxygens (including phenoxy) is 1. The van der Waals surface area contributed by atoms with E-state index in [0.29, 0.717) is 39.2 Å². The molecule has 1 aromatic heterocycles. The van der Waals surface area contributed by atoms with Crippen molar-refractivity contribution in [2.24, 2.45) is 0 Å². The molecule has 2 aromatic carbocycles. The summed E-state index contributed by atoms with van der Waals surface area (Å²) in [5.41, 5.74) is 0.985.